The van der Waals surface area contributed by atoms with Crippen molar-refractivity contribution < 1.29 is 0 Å². The Morgan fingerprint density at radius 3 is 2.88 bits per heavy atom. The van der Waals surface area contributed by atoms with Gasteiger partial charge in [-0.15, -0.1) is 0 Å². The van der Waals surface area contributed by atoms with Gasteiger partial charge in [-0.25, -0.2) is 9.97 Å². The number of anilines is 1. The van der Waals surface area contributed by atoms with Crippen molar-refractivity contribution >= 4 is 17.6 Å². The molecule has 17 heavy (non-hydrogen) atoms. The van der Waals surface area contributed by atoms with Gasteiger partial charge < -0.3 is 5.32 Å². The van der Waals surface area contributed by atoms with Crippen molar-refractivity contribution in [1.29, 1.82) is 0 Å². The molecule has 1 aromatic rings. The normalized spacial score (nSPS) is 23.9. The Bertz CT molecular complexity index is 361. The van der Waals surface area contributed by atoms with Gasteiger partial charge in [0.15, 0.2) is 0 Å². The van der Waals surface area contributed by atoms with Crippen LogP contribution in [0.3, 0.4) is 0 Å². The number of thioether (sulfide) groups is 1. The first-order valence-corrected chi connectivity index (χ1v) is 7.44. The summed E-state index contributed by atoms with van der Waals surface area (Å²) in [6, 6.07) is 2.62. The van der Waals surface area contributed by atoms with Crippen LogP contribution in [0, 0.1) is 13.8 Å². The van der Waals surface area contributed by atoms with Crippen LogP contribution in [0.1, 0.15) is 37.7 Å². The third-order valence-electron chi connectivity index (χ3n) is 3.13. The van der Waals surface area contributed by atoms with Gasteiger partial charge >= 0.3 is 0 Å². The van der Waals surface area contributed by atoms with E-state index in [0.29, 0.717) is 6.04 Å². The second-order valence-corrected chi connectivity index (χ2v) is 6.13. The zero-order valence-corrected chi connectivity index (χ0v) is 11.7. The third-order valence-corrected chi connectivity index (χ3v) is 4.46. The Balaban J connectivity index is 2.04. The Kier molecular flexibility index (Phi) is 4.26. The number of hydrogen-bond acceptors (Lipinski definition) is 4. The Labute approximate surface area is 108 Å². The standard InChI is InChI=1S/C13H21N3S/c1-4-17-12-7-5-6-11(12)16-13-8-9(2)14-10(3)15-13/h8,11-12H,4-7H2,1-3H3,(H,14,15,16). The molecule has 2 unspecified atom stereocenters. The molecule has 1 aliphatic carbocycles. The fourth-order valence-electron chi connectivity index (χ4n) is 2.49. The van der Waals surface area contributed by atoms with Crippen LogP contribution in [0.25, 0.3) is 0 Å². The highest BCUT2D eigenvalue weighted by Gasteiger charge is 2.27. The maximum atomic E-state index is 4.46. The first-order valence-electron chi connectivity index (χ1n) is 6.39. The number of nitrogens with zero attached hydrogens (tertiary/aromatic N) is 2. The minimum Gasteiger partial charge on any atom is -0.366 e. The molecule has 2 rings (SSSR count). The van der Waals surface area contributed by atoms with E-state index in [1.165, 1.54) is 25.0 Å². The lowest BCUT2D eigenvalue weighted by Gasteiger charge is -2.20. The highest BCUT2D eigenvalue weighted by atomic mass is 32.2. The summed E-state index contributed by atoms with van der Waals surface area (Å²) in [5.74, 6) is 3.04. The second-order valence-electron chi connectivity index (χ2n) is 4.62. The molecule has 0 saturated heterocycles. The molecule has 1 N–H and O–H groups in total. The summed E-state index contributed by atoms with van der Waals surface area (Å²) in [7, 11) is 0. The number of hydrogen-bond donors (Lipinski definition) is 1. The predicted octanol–water partition coefficient (Wildman–Crippen LogP) is 3.18. The summed E-state index contributed by atoms with van der Waals surface area (Å²) in [5, 5.41) is 4.33. The lowest BCUT2D eigenvalue weighted by atomic mass is 10.2. The Hall–Kier alpha value is -0.770. The molecule has 0 radical (unpaired) electrons. The zero-order chi connectivity index (χ0) is 12.3. The van der Waals surface area contributed by atoms with Crippen LogP contribution in [-0.2, 0) is 0 Å². The molecule has 1 saturated carbocycles. The van der Waals surface area contributed by atoms with E-state index in [-0.39, 0.29) is 0 Å². The van der Waals surface area contributed by atoms with Crippen molar-refractivity contribution in [2.75, 3.05) is 11.1 Å². The summed E-state index contributed by atoms with van der Waals surface area (Å²) in [5.41, 5.74) is 1.04. The van der Waals surface area contributed by atoms with Crippen LogP contribution in [0.5, 0.6) is 0 Å². The molecule has 1 heterocycles. The smallest absolute Gasteiger partial charge is 0.130 e. The van der Waals surface area contributed by atoms with Gasteiger partial charge in [-0.1, -0.05) is 13.3 Å². The number of rotatable bonds is 4. The van der Waals surface area contributed by atoms with Crippen LogP contribution >= 0.6 is 11.8 Å². The maximum absolute atomic E-state index is 4.46. The van der Waals surface area contributed by atoms with Crippen LogP contribution in [0.15, 0.2) is 6.07 Å². The largest absolute Gasteiger partial charge is 0.366 e. The molecule has 0 aliphatic heterocycles. The molecular formula is C13H21N3S. The lowest BCUT2D eigenvalue weighted by Crippen LogP contribution is -2.26. The van der Waals surface area contributed by atoms with Gasteiger partial charge in [-0.3, -0.25) is 0 Å². The quantitative estimate of drug-likeness (QED) is 0.892. The highest BCUT2D eigenvalue weighted by Crippen LogP contribution is 2.31. The van der Waals surface area contributed by atoms with Crippen LogP contribution in [-0.4, -0.2) is 27.0 Å². The van der Waals surface area contributed by atoms with Crippen molar-refractivity contribution in [3.8, 4) is 0 Å². The van der Waals surface area contributed by atoms with Gasteiger partial charge in [0, 0.05) is 23.1 Å². The predicted molar refractivity (Wildman–Crippen MR) is 74.7 cm³/mol. The fourth-order valence-corrected chi connectivity index (χ4v) is 3.68. The van der Waals surface area contributed by atoms with E-state index in [1.807, 2.05) is 19.9 Å². The number of aromatic nitrogens is 2. The SMILES string of the molecule is CCSC1CCCC1Nc1cc(C)nc(C)n1. The van der Waals surface area contributed by atoms with Gasteiger partial charge in [0.1, 0.15) is 11.6 Å². The topological polar surface area (TPSA) is 37.8 Å². The van der Waals surface area contributed by atoms with E-state index in [4.69, 9.17) is 0 Å². The Morgan fingerprint density at radius 2 is 2.18 bits per heavy atom. The Morgan fingerprint density at radius 1 is 1.35 bits per heavy atom. The number of aryl methyl sites for hydroxylation is 2. The summed E-state index contributed by atoms with van der Waals surface area (Å²) >= 11 is 2.07. The molecular weight excluding hydrogens is 230 g/mol. The second kappa shape index (κ2) is 5.71. The molecule has 1 aliphatic rings. The first-order chi connectivity index (χ1) is 8.19. The molecule has 3 nitrogen and oxygen atoms in total. The molecule has 0 bridgehead atoms. The zero-order valence-electron chi connectivity index (χ0n) is 10.9. The van der Waals surface area contributed by atoms with Crippen molar-refractivity contribution in [3.05, 3.63) is 17.6 Å². The van der Waals surface area contributed by atoms with Gasteiger partial charge in [-0.2, -0.15) is 11.8 Å². The molecule has 2 atom stereocenters. The minimum absolute atomic E-state index is 0.577. The van der Waals surface area contributed by atoms with E-state index < -0.39 is 0 Å². The van der Waals surface area contributed by atoms with Crippen molar-refractivity contribution in [1.82, 2.24) is 9.97 Å². The molecule has 1 aromatic heterocycles. The van der Waals surface area contributed by atoms with E-state index in [0.717, 1.165) is 22.6 Å². The summed E-state index contributed by atoms with van der Waals surface area (Å²) < 4.78 is 0. The lowest BCUT2D eigenvalue weighted by molar-refractivity contribution is 0.759. The summed E-state index contributed by atoms with van der Waals surface area (Å²) in [4.78, 5) is 8.77. The van der Waals surface area contributed by atoms with Gasteiger partial charge in [-0.05, 0) is 32.4 Å². The molecule has 0 aromatic carbocycles. The van der Waals surface area contributed by atoms with Gasteiger partial charge in [0.25, 0.3) is 0 Å². The van der Waals surface area contributed by atoms with E-state index in [9.17, 15) is 0 Å². The first kappa shape index (κ1) is 12.7. The molecule has 0 amide bonds. The van der Waals surface area contributed by atoms with Crippen molar-refractivity contribution in [2.45, 2.75) is 51.3 Å². The van der Waals surface area contributed by atoms with Crippen LogP contribution in [0.4, 0.5) is 5.82 Å². The molecule has 4 heteroatoms. The van der Waals surface area contributed by atoms with Crippen molar-refractivity contribution in [2.24, 2.45) is 0 Å². The van der Waals surface area contributed by atoms with E-state index in [1.54, 1.807) is 0 Å². The monoisotopic (exact) mass is 251 g/mol. The maximum Gasteiger partial charge on any atom is 0.130 e. The van der Waals surface area contributed by atoms with Crippen molar-refractivity contribution in [3.63, 3.8) is 0 Å². The average molecular weight is 251 g/mol. The third kappa shape index (κ3) is 3.35. The molecule has 0 spiro atoms. The number of nitrogens with one attached hydrogen (secondary N) is 1. The molecule has 1 fully saturated rings. The van der Waals surface area contributed by atoms with E-state index in [2.05, 4.69) is 34.0 Å². The van der Waals surface area contributed by atoms with Crippen LogP contribution in [0.2, 0.25) is 0 Å². The summed E-state index contributed by atoms with van der Waals surface area (Å²) in [6.07, 6.45) is 3.93. The highest BCUT2D eigenvalue weighted by molar-refractivity contribution is 7.99. The molecule has 94 valence electrons. The van der Waals surface area contributed by atoms with Gasteiger partial charge in [0.05, 0.1) is 0 Å². The van der Waals surface area contributed by atoms with Gasteiger partial charge in [0.2, 0.25) is 0 Å². The fraction of sp³-hybridized carbons (Fsp3) is 0.692. The average Bonchev–Trinajstić information content (AvgIpc) is 2.65. The van der Waals surface area contributed by atoms with E-state index >= 15 is 0 Å². The van der Waals surface area contributed by atoms with Crippen LogP contribution < -0.4 is 5.32 Å². The minimum atomic E-state index is 0.577. The summed E-state index contributed by atoms with van der Waals surface area (Å²) in [6.45, 7) is 6.21.